The van der Waals surface area contributed by atoms with Crippen LogP contribution in [0.25, 0.3) is 0 Å². The molecule has 0 atom stereocenters. The number of carbonyl (C=O) groups excluding carboxylic acids is 2. The zero-order valence-corrected chi connectivity index (χ0v) is 13.0. The van der Waals surface area contributed by atoms with Crippen LogP contribution in [0.1, 0.15) is 18.4 Å². The number of rotatable bonds is 3. The van der Waals surface area contributed by atoms with Crippen molar-refractivity contribution >= 4 is 11.8 Å². The molecule has 1 aromatic rings. The Morgan fingerprint density at radius 3 is 2.45 bits per heavy atom. The minimum atomic E-state index is -0.620. The Bertz CT molecular complexity index is 525. The van der Waals surface area contributed by atoms with Crippen molar-refractivity contribution in [3.05, 3.63) is 35.6 Å². The first-order valence-electron chi connectivity index (χ1n) is 7.45. The molecule has 1 aromatic carbocycles. The number of carbonyl (C=O) groups is 2. The first-order valence-corrected chi connectivity index (χ1v) is 7.45. The quantitative estimate of drug-likeness (QED) is 0.848. The molecule has 1 aliphatic heterocycles. The van der Waals surface area contributed by atoms with E-state index < -0.39 is 11.8 Å². The molecule has 0 saturated carbocycles. The monoisotopic (exact) mass is 307 g/mol. The molecule has 1 heterocycles. The molecular weight excluding hydrogens is 285 g/mol. The van der Waals surface area contributed by atoms with Gasteiger partial charge in [0.25, 0.3) is 0 Å². The van der Waals surface area contributed by atoms with Crippen LogP contribution < -0.4 is 5.32 Å². The van der Waals surface area contributed by atoms with Crippen molar-refractivity contribution in [2.75, 3.05) is 27.2 Å². The maximum atomic E-state index is 12.8. The number of amides is 2. The van der Waals surface area contributed by atoms with Gasteiger partial charge in [-0.2, -0.15) is 0 Å². The van der Waals surface area contributed by atoms with Crippen LogP contribution in [0.4, 0.5) is 4.39 Å². The summed E-state index contributed by atoms with van der Waals surface area (Å²) in [5, 5.41) is 2.58. The summed E-state index contributed by atoms with van der Waals surface area (Å²) in [5.41, 5.74) is 0.754. The summed E-state index contributed by atoms with van der Waals surface area (Å²) in [6.07, 6.45) is 1.76. The van der Waals surface area contributed by atoms with E-state index >= 15 is 0 Å². The van der Waals surface area contributed by atoms with Gasteiger partial charge in [0.15, 0.2) is 0 Å². The number of hydrogen-bond acceptors (Lipinski definition) is 3. The molecule has 5 nitrogen and oxygen atoms in total. The van der Waals surface area contributed by atoms with Crippen molar-refractivity contribution in [1.82, 2.24) is 15.1 Å². The van der Waals surface area contributed by atoms with Crippen LogP contribution in [0, 0.1) is 5.82 Å². The molecule has 1 fully saturated rings. The van der Waals surface area contributed by atoms with Crippen LogP contribution in [0.5, 0.6) is 0 Å². The van der Waals surface area contributed by atoms with Gasteiger partial charge in [-0.25, -0.2) is 4.39 Å². The summed E-state index contributed by atoms with van der Waals surface area (Å²) in [6.45, 7) is 2.07. The number of benzene rings is 1. The molecule has 2 amide bonds. The van der Waals surface area contributed by atoms with E-state index in [-0.39, 0.29) is 18.4 Å². The van der Waals surface area contributed by atoms with Gasteiger partial charge in [-0.15, -0.1) is 0 Å². The molecule has 2 rings (SSSR count). The molecule has 6 heteroatoms. The number of nitrogens with one attached hydrogen (secondary N) is 1. The zero-order valence-electron chi connectivity index (χ0n) is 13.0. The van der Waals surface area contributed by atoms with Crippen molar-refractivity contribution in [3.63, 3.8) is 0 Å². The third kappa shape index (κ3) is 4.27. The van der Waals surface area contributed by atoms with Gasteiger partial charge in [0.2, 0.25) is 0 Å². The maximum Gasteiger partial charge on any atom is 0.311 e. The third-order valence-corrected chi connectivity index (χ3v) is 4.12. The Labute approximate surface area is 130 Å². The van der Waals surface area contributed by atoms with Crippen LogP contribution >= 0.6 is 0 Å². The highest BCUT2D eigenvalue weighted by Crippen LogP contribution is 2.14. The maximum absolute atomic E-state index is 12.8. The minimum Gasteiger partial charge on any atom is -0.344 e. The number of hydrogen-bond donors (Lipinski definition) is 1. The predicted octanol–water partition coefficient (Wildman–Crippen LogP) is 0.994. The molecule has 0 radical (unpaired) electrons. The Kier molecular flexibility index (Phi) is 5.49. The van der Waals surface area contributed by atoms with E-state index in [1.807, 2.05) is 7.05 Å². The molecule has 1 aliphatic rings. The predicted molar refractivity (Wildman–Crippen MR) is 81.5 cm³/mol. The van der Waals surface area contributed by atoms with E-state index in [0.29, 0.717) is 0 Å². The lowest BCUT2D eigenvalue weighted by Gasteiger charge is -2.34. The first kappa shape index (κ1) is 16.4. The Balaban J connectivity index is 1.83. The highest BCUT2D eigenvalue weighted by molar-refractivity contribution is 6.34. The fourth-order valence-electron chi connectivity index (χ4n) is 2.57. The summed E-state index contributed by atoms with van der Waals surface area (Å²) in [7, 11) is 3.73. The van der Waals surface area contributed by atoms with E-state index in [1.165, 1.54) is 17.0 Å². The van der Waals surface area contributed by atoms with Gasteiger partial charge in [0, 0.05) is 19.6 Å². The lowest BCUT2D eigenvalue weighted by atomic mass is 10.0. The summed E-state index contributed by atoms with van der Waals surface area (Å²) >= 11 is 0. The summed E-state index contributed by atoms with van der Waals surface area (Å²) in [5.74, 6) is -1.46. The lowest BCUT2D eigenvalue weighted by molar-refractivity contribution is -0.147. The smallest absolute Gasteiger partial charge is 0.311 e. The van der Waals surface area contributed by atoms with Crippen LogP contribution in [-0.4, -0.2) is 54.8 Å². The molecule has 1 N–H and O–H groups in total. The second-order valence-electron chi connectivity index (χ2n) is 5.76. The minimum absolute atomic E-state index is 0.111. The van der Waals surface area contributed by atoms with Crippen LogP contribution in [0.15, 0.2) is 24.3 Å². The van der Waals surface area contributed by atoms with Crippen molar-refractivity contribution in [2.45, 2.75) is 25.4 Å². The van der Waals surface area contributed by atoms with Crippen LogP contribution in [0.3, 0.4) is 0 Å². The van der Waals surface area contributed by atoms with Crippen molar-refractivity contribution in [3.8, 4) is 0 Å². The second kappa shape index (κ2) is 7.35. The first-order chi connectivity index (χ1) is 10.5. The molecule has 0 spiro atoms. The SMILES string of the molecule is CN1CCC(N(C)C(=O)C(=O)NCc2ccc(F)cc2)CC1. The standard InChI is InChI=1S/C16H22FN3O2/c1-19-9-7-14(8-10-19)20(2)16(22)15(21)18-11-12-3-5-13(17)6-4-12/h3-6,14H,7-11H2,1-2H3,(H,18,21). The van der Waals surface area contributed by atoms with Crippen molar-refractivity contribution in [1.29, 1.82) is 0 Å². The van der Waals surface area contributed by atoms with Gasteiger partial charge >= 0.3 is 11.8 Å². The fraction of sp³-hybridized carbons (Fsp3) is 0.500. The Morgan fingerprint density at radius 1 is 1.27 bits per heavy atom. The highest BCUT2D eigenvalue weighted by Gasteiger charge is 2.27. The van der Waals surface area contributed by atoms with E-state index in [0.717, 1.165) is 31.5 Å². The molecule has 22 heavy (non-hydrogen) atoms. The van der Waals surface area contributed by atoms with Crippen molar-refractivity contribution < 1.29 is 14.0 Å². The van der Waals surface area contributed by atoms with Gasteiger partial charge in [-0.1, -0.05) is 12.1 Å². The topological polar surface area (TPSA) is 52.7 Å². The van der Waals surface area contributed by atoms with Crippen molar-refractivity contribution in [2.24, 2.45) is 0 Å². The lowest BCUT2D eigenvalue weighted by Crippen LogP contribution is -2.49. The van der Waals surface area contributed by atoms with Crippen LogP contribution in [0.2, 0.25) is 0 Å². The van der Waals surface area contributed by atoms with Gasteiger partial charge in [-0.05, 0) is 50.7 Å². The van der Waals surface area contributed by atoms with Gasteiger partial charge in [0.05, 0.1) is 0 Å². The molecular formula is C16H22FN3O2. The third-order valence-electron chi connectivity index (χ3n) is 4.12. The zero-order chi connectivity index (χ0) is 16.1. The number of likely N-dealkylation sites (tertiary alicyclic amines) is 1. The van der Waals surface area contributed by atoms with E-state index in [4.69, 9.17) is 0 Å². The Morgan fingerprint density at radius 2 is 1.86 bits per heavy atom. The number of likely N-dealkylation sites (N-methyl/N-ethyl adjacent to an activating group) is 1. The molecule has 120 valence electrons. The van der Waals surface area contributed by atoms with Gasteiger partial charge in [-0.3, -0.25) is 9.59 Å². The molecule has 0 aliphatic carbocycles. The molecule has 0 aromatic heterocycles. The number of halogens is 1. The fourth-order valence-corrected chi connectivity index (χ4v) is 2.57. The Hall–Kier alpha value is -1.95. The molecule has 0 unspecified atom stereocenters. The van der Waals surface area contributed by atoms with Crippen LogP contribution in [-0.2, 0) is 16.1 Å². The van der Waals surface area contributed by atoms with Gasteiger partial charge < -0.3 is 15.1 Å². The van der Waals surface area contributed by atoms with E-state index in [1.54, 1.807) is 19.2 Å². The normalized spacial score (nSPS) is 16.3. The number of nitrogens with zero attached hydrogens (tertiary/aromatic N) is 2. The highest BCUT2D eigenvalue weighted by atomic mass is 19.1. The van der Waals surface area contributed by atoms with E-state index in [9.17, 15) is 14.0 Å². The van der Waals surface area contributed by atoms with Gasteiger partial charge in [0.1, 0.15) is 5.82 Å². The largest absolute Gasteiger partial charge is 0.344 e. The average Bonchev–Trinajstić information content (AvgIpc) is 2.53. The molecule has 0 bridgehead atoms. The summed E-state index contributed by atoms with van der Waals surface area (Å²) in [6, 6.07) is 5.93. The molecule has 1 saturated heterocycles. The second-order valence-corrected chi connectivity index (χ2v) is 5.76. The number of piperidine rings is 1. The van der Waals surface area contributed by atoms with E-state index in [2.05, 4.69) is 10.2 Å². The summed E-state index contributed by atoms with van der Waals surface area (Å²) in [4.78, 5) is 27.8. The summed E-state index contributed by atoms with van der Waals surface area (Å²) < 4.78 is 12.8. The average molecular weight is 307 g/mol.